The Balaban J connectivity index is 2.57. The van der Waals surface area contributed by atoms with E-state index in [1.165, 1.54) is 24.4 Å². The first-order valence-corrected chi connectivity index (χ1v) is 6.32. The Morgan fingerprint density at radius 3 is 2.32 bits per heavy atom. The Morgan fingerprint density at radius 1 is 1.16 bits per heavy atom. The minimum absolute atomic E-state index is 0.0355. The van der Waals surface area contributed by atoms with Crippen LogP contribution in [0.1, 0.15) is 5.56 Å². The van der Waals surface area contributed by atoms with Crippen LogP contribution in [0, 0.1) is 17.1 Å². The molecule has 1 heterocycles. The van der Waals surface area contributed by atoms with Gasteiger partial charge in [0.15, 0.2) is 0 Å². The van der Waals surface area contributed by atoms with Gasteiger partial charge in [-0.05, 0) is 23.8 Å². The molecule has 2 nitrogen and oxygen atoms in total. The van der Waals surface area contributed by atoms with E-state index < -0.39 is 5.82 Å². The lowest BCUT2D eigenvalue weighted by Crippen LogP contribution is -1.94. The van der Waals surface area contributed by atoms with Gasteiger partial charge in [0.2, 0.25) is 0 Å². The van der Waals surface area contributed by atoms with Crippen molar-refractivity contribution in [1.82, 2.24) is 4.98 Å². The summed E-state index contributed by atoms with van der Waals surface area (Å²) in [5.74, 6) is -0.584. The van der Waals surface area contributed by atoms with E-state index in [-0.39, 0.29) is 27.7 Å². The number of hydrogen-bond donors (Lipinski definition) is 0. The normalized spacial score (nSPS) is 10.3. The summed E-state index contributed by atoms with van der Waals surface area (Å²) in [4.78, 5) is 3.98. The summed E-state index contributed by atoms with van der Waals surface area (Å²) in [6, 6.07) is 6.10. The molecule has 0 aliphatic rings. The van der Waals surface area contributed by atoms with E-state index in [1.807, 2.05) is 6.07 Å². The van der Waals surface area contributed by atoms with E-state index in [0.717, 1.165) is 0 Å². The van der Waals surface area contributed by atoms with Crippen molar-refractivity contribution >= 4 is 34.8 Å². The molecule has 0 bridgehead atoms. The summed E-state index contributed by atoms with van der Waals surface area (Å²) in [5, 5.41) is 9.36. The van der Waals surface area contributed by atoms with E-state index in [0.29, 0.717) is 10.6 Å². The van der Waals surface area contributed by atoms with Gasteiger partial charge in [-0.1, -0.05) is 34.8 Å². The lowest BCUT2D eigenvalue weighted by atomic mass is 10.1. The molecule has 0 spiro atoms. The minimum atomic E-state index is -0.584. The predicted octanol–water partition coefficient (Wildman–Crippen LogP) is 4.91. The fraction of sp³-hybridized carbons (Fsp3) is 0.0769. The van der Waals surface area contributed by atoms with Crippen LogP contribution in [0.4, 0.5) is 4.39 Å². The number of nitriles is 1. The van der Waals surface area contributed by atoms with Gasteiger partial charge < -0.3 is 0 Å². The molecule has 0 N–H and O–H groups in total. The number of hydrogen-bond acceptors (Lipinski definition) is 2. The fourth-order valence-corrected chi connectivity index (χ4v) is 2.61. The lowest BCUT2D eigenvalue weighted by Gasteiger charge is -2.09. The SMILES string of the molecule is N#CCc1cnc(-c2c(Cl)cc(Cl)cc2Cl)c(F)c1. The molecule has 96 valence electrons. The zero-order chi connectivity index (χ0) is 14.0. The molecule has 0 amide bonds. The highest BCUT2D eigenvalue weighted by Gasteiger charge is 2.16. The van der Waals surface area contributed by atoms with Gasteiger partial charge in [-0.15, -0.1) is 0 Å². The van der Waals surface area contributed by atoms with E-state index in [4.69, 9.17) is 40.1 Å². The van der Waals surface area contributed by atoms with Gasteiger partial charge in [-0.25, -0.2) is 4.39 Å². The van der Waals surface area contributed by atoms with Crippen LogP contribution in [-0.4, -0.2) is 4.98 Å². The number of nitrogens with zero attached hydrogens (tertiary/aromatic N) is 2. The molecule has 0 fully saturated rings. The molecule has 0 saturated heterocycles. The smallest absolute Gasteiger partial charge is 0.149 e. The van der Waals surface area contributed by atoms with Gasteiger partial charge in [0.1, 0.15) is 11.5 Å². The Kier molecular flexibility index (Phi) is 4.26. The Morgan fingerprint density at radius 2 is 1.79 bits per heavy atom. The average Bonchev–Trinajstić information content (AvgIpc) is 2.31. The van der Waals surface area contributed by atoms with E-state index in [2.05, 4.69) is 4.98 Å². The quantitative estimate of drug-likeness (QED) is 0.789. The molecular formula is C13H6Cl3FN2. The molecule has 19 heavy (non-hydrogen) atoms. The van der Waals surface area contributed by atoms with Crippen LogP contribution in [0.3, 0.4) is 0 Å². The molecule has 2 aromatic rings. The number of aromatic nitrogens is 1. The first-order valence-electron chi connectivity index (χ1n) is 5.19. The van der Waals surface area contributed by atoms with Gasteiger partial charge in [0.05, 0.1) is 22.5 Å². The molecular weight excluding hydrogens is 310 g/mol. The summed E-state index contributed by atoms with van der Waals surface area (Å²) < 4.78 is 14.0. The molecule has 1 aromatic carbocycles. The van der Waals surface area contributed by atoms with Gasteiger partial charge >= 0.3 is 0 Å². The first-order chi connectivity index (χ1) is 9.02. The maximum atomic E-state index is 14.0. The van der Waals surface area contributed by atoms with Crippen molar-refractivity contribution in [3.8, 4) is 17.3 Å². The maximum absolute atomic E-state index is 14.0. The minimum Gasteiger partial charge on any atom is -0.253 e. The van der Waals surface area contributed by atoms with Gasteiger partial charge in [0, 0.05) is 16.8 Å². The highest BCUT2D eigenvalue weighted by molar-refractivity contribution is 6.41. The number of pyridine rings is 1. The Hall–Kier alpha value is -1.34. The third kappa shape index (κ3) is 2.98. The summed E-state index contributed by atoms with van der Waals surface area (Å²) >= 11 is 17.8. The van der Waals surface area contributed by atoms with Crippen molar-refractivity contribution in [3.63, 3.8) is 0 Å². The van der Waals surface area contributed by atoms with Crippen LogP contribution in [-0.2, 0) is 6.42 Å². The van der Waals surface area contributed by atoms with Crippen LogP contribution < -0.4 is 0 Å². The Bertz CT molecular complexity index is 657. The second-order valence-electron chi connectivity index (χ2n) is 3.75. The molecule has 6 heteroatoms. The molecule has 0 aliphatic heterocycles. The van der Waals surface area contributed by atoms with Crippen LogP contribution in [0.2, 0.25) is 15.1 Å². The monoisotopic (exact) mass is 314 g/mol. The zero-order valence-corrected chi connectivity index (χ0v) is 11.7. The average molecular weight is 316 g/mol. The molecule has 0 aliphatic carbocycles. The molecule has 0 radical (unpaired) electrons. The second kappa shape index (κ2) is 5.75. The van der Waals surface area contributed by atoms with Crippen molar-refractivity contribution in [3.05, 3.63) is 50.8 Å². The van der Waals surface area contributed by atoms with Crippen LogP contribution >= 0.6 is 34.8 Å². The van der Waals surface area contributed by atoms with Gasteiger partial charge in [0.25, 0.3) is 0 Å². The highest BCUT2D eigenvalue weighted by atomic mass is 35.5. The summed E-state index contributed by atoms with van der Waals surface area (Å²) in [6.07, 6.45) is 1.51. The summed E-state index contributed by atoms with van der Waals surface area (Å²) in [7, 11) is 0. The second-order valence-corrected chi connectivity index (χ2v) is 5.00. The third-order valence-corrected chi connectivity index (χ3v) is 3.24. The number of halogens is 4. The summed E-state index contributed by atoms with van der Waals surface area (Å²) in [5.41, 5.74) is 0.812. The molecule has 0 atom stereocenters. The topological polar surface area (TPSA) is 36.7 Å². The first kappa shape index (κ1) is 14.1. The van der Waals surface area contributed by atoms with Crippen molar-refractivity contribution in [2.75, 3.05) is 0 Å². The fourth-order valence-electron chi connectivity index (χ4n) is 1.62. The maximum Gasteiger partial charge on any atom is 0.149 e. The van der Waals surface area contributed by atoms with Crippen LogP contribution in [0.25, 0.3) is 11.3 Å². The largest absolute Gasteiger partial charge is 0.253 e. The molecule has 0 saturated carbocycles. The molecule has 0 unspecified atom stereocenters. The highest BCUT2D eigenvalue weighted by Crippen LogP contribution is 2.37. The van der Waals surface area contributed by atoms with E-state index in [1.54, 1.807) is 0 Å². The van der Waals surface area contributed by atoms with Crippen molar-refractivity contribution in [2.24, 2.45) is 0 Å². The zero-order valence-electron chi connectivity index (χ0n) is 9.42. The van der Waals surface area contributed by atoms with Crippen molar-refractivity contribution in [1.29, 1.82) is 5.26 Å². The summed E-state index contributed by atoms with van der Waals surface area (Å²) in [6.45, 7) is 0. The lowest BCUT2D eigenvalue weighted by molar-refractivity contribution is 0.624. The van der Waals surface area contributed by atoms with E-state index >= 15 is 0 Å². The van der Waals surface area contributed by atoms with Crippen LogP contribution in [0.5, 0.6) is 0 Å². The number of benzene rings is 1. The molecule has 1 aromatic heterocycles. The number of rotatable bonds is 2. The van der Waals surface area contributed by atoms with Gasteiger partial charge in [-0.2, -0.15) is 5.26 Å². The Labute approximate surface area is 124 Å². The van der Waals surface area contributed by atoms with Gasteiger partial charge in [-0.3, -0.25) is 4.98 Å². The van der Waals surface area contributed by atoms with Crippen molar-refractivity contribution < 1.29 is 4.39 Å². The van der Waals surface area contributed by atoms with Crippen molar-refractivity contribution in [2.45, 2.75) is 6.42 Å². The third-order valence-electron chi connectivity index (χ3n) is 2.42. The molecule has 2 rings (SSSR count). The van der Waals surface area contributed by atoms with Crippen LogP contribution in [0.15, 0.2) is 24.4 Å². The van der Waals surface area contributed by atoms with E-state index in [9.17, 15) is 4.39 Å². The predicted molar refractivity (Wildman–Crippen MR) is 74.0 cm³/mol. The standard InChI is InChI=1S/C13H6Cl3FN2/c14-8-4-9(15)12(10(16)5-8)13-11(17)3-7(1-2-18)6-19-13/h3-6H,1H2.